The van der Waals surface area contributed by atoms with Crippen LogP contribution in [-0.4, -0.2) is 239 Å². The minimum absolute atomic E-state index is 0.0139. The summed E-state index contributed by atoms with van der Waals surface area (Å²) in [5, 5.41) is 33.3. The average Bonchev–Trinajstić information content (AvgIpc) is 0.893. The van der Waals surface area contributed by atoms with Gasteiger partial charge in [-0.15, -0.1) is 0 Å². The number of carboxylic acids is 1. The lowest BCUT2D eigenvalue weighted by Gasteiger charge is -2.44. The molecule has 20 atom stereocenters. The van der Waals surface area contributed by atoms with Crippen molar-refractivity contribution in [3.05, 3.63) is 29.3 Å². The lowest BCUT2D eigenvalue weighted by Crippen LogP contribution is -2.57. The van der Waals surface area contributed by atoms with Crippen LogP contribution in [0.4, 0.5) is 0 Å². The molecule has 0 saturated carbocycles. The number of rotatable bonds is 53. The number of aliphatic carboxylic acids is 1. The quantitative estimate of drug-likeness (QED) is 0.0276. The Balaban J connectivity index is 1.29. The zero-order valence-corrected chi connectivity index (χ0v) is 73.1. The van der Waals surface area contributed by atoms with Gasteiger partial charge < -0.3 is 100 Å². The van der Waals surface area contributed by atoms with E-state index in [1.165, 1.54) is 45.9 Å². The summed E-state index contributed by atoms with van der Waals surface area (Å²) < 4.78 is 55.7. The largest absolute Gasteiger partial charge is 0.482 e. The Labute approximate surface area is 695 Å². The Morgan fingerprint density at radius 2 is 0.573 bits per heavy atom. The highest BCUT2D eigenvalue weighted by Crippen LogP contribution is 2.37. The highest BCUT2D eigenvalue weighted by molar-refractivity contribution is 6.04. The minimum Gasteiger partial charge on any atom is -0.482 e. The van der Waals surface area contributed by atoms with Gasteiger partial charge in [0.05, 0.1) is 48.6 Å². The zero-order chi connectivity index (χ0) is 86.3. The van der Waals surface area contributed by atoms with Gasteiger partial charge in [-0.3, -0.25) is 47.9 Å². The second kappa shape index (κ2) is 53.5. The molecule has 666 valence electrons. The predicted molar refractivity (Wildman–Crippen MR) is 441 cm³/mol. The Morgan fingerprint density at radius 3 is 0.786 bits per heavy atom. The van der Waals surface area contributed by atoms with Crippen LogP contribution in [0.15, 0.2) is 18.2 Å². The van der Waals surface area contributed by atoms with E-state index in [9.17, 15) is 48.3 Å². The molecule has 9 N–H and O–H groups in total. The molecule has 10 amide bonds. The number of nitrogens with zero attached hydrogens (tertiary/aromatic N) is 2. The first-order chi connectivity index (χ1) is 55.8. The summed E-state index contributed by atoms with van der Waals surface area (Å²) in [5.41, 5.74) is -0.547. The van der Waals surface area contributed by atoms with Crippen molar-refractivity contribution >= 4 is 65.0 Å². The lowest BCUT2D eigenvalue weighted by atomic mass is 9.81. The maximum Gasteiger partial charge on any atom is 0.341 e. The Morgan fingerprint density at radius 1 is 0.342 bits per heavy atom. The predicted octanol–water partition coefficient (Wildman–Crippen LogP) is 8.45. The normalized spacial score (nSPS) is 27.0. The van der Waals surface area contributed by atoms with Crippen LogP contribution in [0.3, 0.4) is 0 Å². The molecule has 1 aromatic rings. The molecule has 20 unspecified atom stereocenters. The van der Waals surface area contributed by atoms with Gasteiger partial charge in [-0.25, -0.2) is 4.79 Å². The van der Waals surface area contributed by atoms with Crippen LogP contribution in [0.2, 0.25) is 0 Å². The van der Waals surface area contributed by atoms with Crippen molar-refractivity contribution < 1.29 is 100 Å². The number of amides is 10. The third kappa shape index (κ3) is 34.5. The van der Waals surface area contributed by atoms with Crippen LogP contribution < -0.4 is 47.3 Å². The summed E-state index contributed by atoms with van der Waals surface area (Å²) in [4.78, 5) is 149. The summed E-state index contributed by atoms with van der Waals surface area (Å²) in [5.74, 6) is -5.09. The molecule has 0 radical (unpaired) electrons. The van der Waals surface area contributed by atoms with Crippen molar-refractivity contribution in [3.8, 4) is 5.75 Å². The number of hydrogen-bond acceptors (Lipinski definition) is 20. The van der Waals surface area contributed by atoms with E-state index < -0.39 is 99.4 Å². The molecule has 31 nitrogen and oxygen atoms in total. The highest BCUT2D eigenvalue weighted by atomic mass is 16.7. The van der Waals surface area contributed by atoms with E-state index in [0.29, 0.717) is 103 Å². The molecule has 0 aromatic heterocycles. The molecule has 4 aliphatic heterocycles. The van der Waals surface area contributed by atoms with E-state index in [2.05, 4.69) is 126 Å². The van der Waals surface area contributed by atoms with Gasteiger partial charge in [0.2, 0.25) is 47.3 Å². The maximum atomic E-state index is 15.1. The fourth-order valence-corrected chi connectivity index (χ4v) is 16.1. The second-order valence-corrected chi connectivity index (χ2v) is 32.9. The fourth-order valence-electron chi connectivity index (χ4n) is 16.1. The van der Waals surface area contributed by atoms with E-state index in [0.717, 1.165) is 61.2 Å². The molecular formula is C86H146N10O21. The van der Waals surface area contributed by atoms with Gasteiger partial charge in [0, 0.05) is 91.4 Å². The topological polar surface area (TPSA) is 394 Å². The monoisotopic (exact) mass is 1660 g/mol. The van der Waals surface area contributed by atoms with Gasteiger partial charge >= 0.3 is 5.97 Å². The van der Waals surface area contributed by atoms with Crippen molar-refractivity contribution in [1.29, 1.82) is 0 Å². The summed E-state index contributed by atoms with van der Waals surface area (Å²) in [6.07, 6.45) is 11.5. The first-order valence-electron chi connectivity index (χ1n) is 43.6. The number of ether oxygens (including phenoxy) is 9. The molecule has 117 heavy (non-hydrogen) atoms. The number of nitrogens with one attached hydrogen (secondary N) is 8. The van der Waals surface area contributed by atoms with E-state index in [4.69, 9.17) is 42.6 Å². The molecule has 0 bridgehead atoms. The average molecular weight is 1660 g/mol. The fraction of sp³-hybridized carbons (Fsp3) is 0.802. The molecule has 4 saturated heterocycles. The summed E-state index contributed by atoms with van der Waals surface area (Å²) in [7, 11) is 0. The van der Waals surface area contributed by atoms with Gasteiger partial charge in [0.25, 0.3) is 11.8 Å². The molecule has 5 rings (SSSR count). The Hall–Kier alpha value is -7.13. The smallest absolute Gasteiger partial charge is 0.341 e. The van der Waals surface area contributed by atoms with Gasteiger partial charge in [-0.05, 0) is 143 Å². The van der Waals surface area contributed by atoms with E-state index >= 15 is 9.59 Å². The number of carbonyl (C=O) groups excluding carboxylic acids is 10. The maximum absolute atomic E-state index is 15.1. The number of unbranched alkanes of at least 4 members (excludes halogenated alkanes) is 12. The van der Waals surface area contributed by atoms with Gasteiger partial charge in [-0.1, -0.05) is 134 Å². The third-order valence-corrected chi connectivity index (χ3v) is 23.8. The molecule has 31 heteroatoms. The lowest BCUT2D eigenvalue weighted by molar-refractivity contribution is -0.236. The number of benzene rings is 1. The Kier molecular flexibility index (Phi) is 45.9. The van der Waals surface area contributed by atoms with E-state index in [1.807, 2.05) is 0 Å². The van der Waals surface area contributed by atoms with Crippen LogP contribution >= 0.6 is 0 Å². The van der Waals surface area contributed by atoms with E-state index in [1.54, 1.807) is 0 Å². The van der Waals surface area contributed by atoms with Crippen LogP contribution in [0, 0.1) is 47.3 Å². The molecule has 0 aliphatic carbocycles. The third-order valence-electron chi connectivity index (χ3n) is 23.8. The summed E-state index contributed by atoms with van der Waals surface area (Å²) >= 11 is 0. The summed E-state index contributed by atoms with van der Waals surface area (Å²) in [6, 6.07) is 2.35. The Bertz CT molecular complexity index is 2890. The van der Waals surface area contributed by atoms with Crippen molar-refractivity contribution in [2.75, 3.05) is 85.4 Å². The second-order valence-electron chi connectivity index (χ2n) is 32.9. The zero-order valence-electron chi connectivity index (χ0n) is 73.1. The van der Waals surface area contributed by atoms with Gasteiger partial charge in [0.1, 0.15) is 31.9 Å². The number of carbonyl (C=O) groups is 11. The molecule has 1 aromatic carbocycles. The van der Waals surface area contributed by atoms with Crippen molar-refractivity contribution in [3.63, 3.8) is 0 Å². The standard InChI is InChI=1S/C86H146N10O21/c1-17-68-53(5)57(9)77(91-61(13)97)83(114-68)109-41-33-25-21-29-37-87-72(101)48-95(49-73(102)88-38-30-22-26-34-42-110-84-78(92-62(14)98)58(10)54(6)69(18-2)115-84)81(107)65-45-66(47-67(46-65)113-52-76(105)106)82(108)96(50-74(103)89-39-31-23-27-35-43-111-85-79(93-63(15)99)59(11)55(7)70(19-3)116-85)51-75(104)90-40-32-24-28-36-44-112-86-80(94-64(16)100)60(12)56(8)71(20-4)117-86/h45-47,53-60,68-71,77-80,83-86H,17-44,48-52H2,1-16H3,(H,87,101)(H,88,102)(H,89,103)(H,90,104)(H,91,97)(H,92,98)(H,93,99)(H,94,100)(H,105,106). The molecule has 4 heterocycles. The van der Waals surface area contributed by atoms with Crippen LogP contribution in [0.5, 0.6) is 5.75 Å². The molecular weight excluding hydrogens is 1510 g/mol. The number of hydrogen-bond donors (Lipinski definition) is 9. The number of carboxylic acid groups (broad SMARTS) is 1. The molecule has 0 spiro atoms. The van der Waals surface area contributed by atoms with Gasteiger partial charge in [-0.2, -0.15) is 0 Å². The van der Waals surface area contributed by atoms with E-state index in [-0.39, 0.29) is 163 Å². The van der Waals surface area contributed by atoms with Crippen LogP contribution in [0.25, 0.3) is 0 Å². The van der Waals surface area contributed by atoms with Crippen molar-refractivity contribution in [2.45, 2.75) is 313 Å². The highest BCUT2D eigenvalue weighted by Gasteiger charge is 2.46. The van der Waals surface area contributed by atoms with Crippen LogP contribution in [0.1, 0.15) is 260 Å². The molecule has 4 aliphatic rings. The van der Waals surface area contributed by atoms with Crippen LogP contribution in [-0.2, 0) is 81.0 Å². The first-order valence-corrected chi connectivity index (χ1v) is 43.6. The van der Waals surface area contributed by atoms with Gasteiger partial charge in [0.15, 0.2) is 31.8 Å². The first kappa shape index (κ1) is 100. The minimum atomic E-state index is -1.38. The van der Waals surface area contributed by atoms with Crippen molar-refractivity contribution in [2.24, 2.45) is 47.3 Å². The SMILES string of the molecule is CCC1OC(OCCCCCCNC(=O)CN(CC(=O)NCCCCCCOC2OC(CC)C(C)C(C)C2NC(C)=O)C(=O)c2cc(OCC(=O)O)cc(C(=O)N(CC(=O)NCCCCCCOC3OC(CC)C(C)C(C)C3NC(C)=O)CC(=O)NCCCCCCOC3OC(CC)C(C)C(C)C3NC(C)=O)c2)C(NC(C)=O)C(C)C1C. The molecule has 4 fully saturated rings. The van der Waals surface area contributed by atoms with Crippen molar-refractivity contribution in [1.82, 2.24) is 52.3 Å². The summed E-state index contributed by atoms with van der Waals surface area (Å²) in [6.45, 7) is 30.1.